The lowest BCUT2D eigenvalue weighted by atomic mass is 10.0. The van der Waals surface area contributed by atoms with Crippen LogP contribution < -0.4 is 0 Å². The SMILES string of the molecule is CC(C)CCCOC(=O)CCCCCCCCCCCCCCC(C)C(=O)OCCCC(C)C. The normalized spacial score (nSPS) is 12.3. The Labute approximate surface area is 212 Å². The minimum atomic E-state index is -0.0183. The third-order valence-electron chi connectivity index (χ3n) is 6.53. The molecule has 0 saturated carbocycles. The van der Waals surface area contributed by atoms with Crippen LogP contribution in [0.2, 0.25) is 0 Å². The molecule has 0 N–H and O–H groups in total. The number of carbonyl (C=O) groups is 2. The molecule has 4 nitrogen and oxygen atoms in total. The van der Waals surface area contributed by atoms with Crippen molar-refractivity contribution in [2.24, 2.45) is 17.8 Å². The van der Waals surface area contributed by atoms with Gasteiger partial charge in [0.2, 0.25) is 0 Å². The zero-order valence-electron chi connectivity index (χ0n) is 23.5. The van der Waals surface area contributed by atoms with Gasteiger partial charge in [-0.2, -0.15) is 0 Å². The molecule has 0 heterocycles. The van der Waals surface area contributed by atoms with Gasteiger partial charge >= 0.3 is 11.9 Å². The minimum Gasteiger partial charge on any atom is -0.466 e. The summed E-state index contributed by atoms with van der Waals surface area (Å²) in [7, 11) is 0. The van der Waals surface area contributed by atoms with Crippen molar-refractivity contribution in [1.29, 1.82) is 0 Å². The molecule has 0 fully saturated rings. The third-order valence-corrected chi connectivity index (χ3v) is 6.53. The van der Waals surface area contributed by atoms with Gasteiger partial charge in [0.15, 0.2) is 0 Å². The Kier molecular flexibility index (Phi) is 22.9. The van der Waals surface area contributed by atoms with E-state index in [1.54, 1.807) is 0 Å². The Balaban J connectivity index is 3.32. The first-order chi connectivity index (χ1) is 16.3. The van der Waals surface area contributed by atoms with Crippen LogP contribution in [-0.4, -0.2) is 25.2 Å². The number of rotatable bonds is 24. The summed E-state index contributed by atoms with van der Waals surface area (Å²) in [6, 6.07) is 0. The van der Waals surface area contributed by atoms with Crippen molar-refractivity contribution in [3.05, 3.63) is 0 Å². The van der Waals surface area contributed by atoms with E-state index in [1.165, 1.54) is 57.8 Å². The topological polar surface area (TPSA) is 52.6 Å². The van der Waals surface area contributed by atoms with E-state index >= 15 is 0 Å². The molecule has 0 aliphatic rings. The maximum absolute atomic E-state index is 12.0. The van der Waals surface area contributed by atoms with Crippen molar-refractivity contribution >= 4 is 11.9 Å². The van der Waals surface area contributed by atoms with E-state index in [2.05, 4.69) is 27.7 Å². The number of ether oxygens (including phenoxy) is 2. The Bertz CT molecular complexity index is 472. The molecule has 0 aliphatic heterocycles. The molecule has 0 aliphatic carbocycles. The highest BCUT2D eigenvalue weighted by atomic mass is 16.5. The van der Waals surface area contributed by atoms with Crippen LogP contribution in [0.25, 0.3) is 0 Å². The van der Waals surface area contributed by atoms with Crippen LogP contribution >= 0.6 is 0 Å². The summed E-state index contributed by atoms with van der Waals surface area (Å²) in [5.41, 5.74) is 0. The minimum absolute atomic E-state index is 0.0132. The molecule has 202 valence electrons. The quantitative estimate of drug-likeness (QED) is 0.102. The van der Waals surface area contributed by atoms with Crippen molar-refractivity contribution in [1.82, 2.24) is 0 Å². The highest BCUT2D eigenvalue weighted by Gasteiger charge is 2.13. The van der Waals surface area contributed by atoms with Crippen molar-refractivity contribution in [3.63, 3.8) is 0 Å². The summed E-state index contributed by atoms with van der Waals surface area (Å²) in [5, 5.41) is 0. The highest BCUT2D eigenvalue weighted by Crippen LogP contribution is 2.16. The molecular formula is C30H58O4. The molecule has 0 radical (unpaired) electrons. The fourth-order valence-corrected chi connectivity index (χ4v) is 4.16. The van der Waals surface area contributed by atoms with Gasteiger partial charge in [-0.05, 0) is 50.4 Å². The molecular weight excluding hydrogens is 424 g/mol. The number of esters is 2. The molecule has 0 spiro atoms. The van der Waals surface area contributed by atoms with Gasteiger partial charge in [0, 0.05) is 6.42 Å². The predicted molar refractivity (Wildman–Crippen MR) is 144 cm³/mol. The second kappa shape index (κ2) is 23.7. The first kappa shape index (κ1) is 32.9. The van der Waals surface area contributed by atoms with Crippen molar-refractivity contribution in [2.45, 2.75) is 150 Å². The monoisotopic (exact) mass is 482 g/mol. The van der Waals surface area contributed by atoms with E-state index < -0.39 is 0 Å². The Hall–Kier alpha value is -1.06. The van der Waals surface area contributed by atoms with Gasteiger partial charge in [-0.25, -0.2) is 0 Å². The van der Waals surface area contributed by atoms with Gasteiger partial charge in [0.05, 0.1) is 19.1 Å². The summed E-state index contributed by atoms with van der Waals surface area (Å²) >= 11 is 0. The summed E-state index contributed by atoms with van der Waals surface area (Å²) in [6.45, 7) is 12.0. The van der Waals surface area contributed by atoms with Crippen molar-refractivity contribution < 1.29 is 19.1 Å². The Morgan fingerprint density at radius 3 is 1.38 bits per heavy atom. The molecule has 0 saturated heterocycles. The Morgan fingerprint density at radius 2 is 0.912 bits per heavy atom. The standard InChI is InChI=1S/C30H58O4/c1-26(2)20-18-24-33-29(31)23-17-15-13-11-9-7-6-8-10-12-14-16-22-28(5)30(32)34-25-19-21-27(3)4/h26-28H,6-25H2,1-5H3. The summed E-state index contributed by atoms with van der Waals surface area (Å²) in [4.78, 5) is 23.7. The predicted octanol–water partition coefficient (Wildman–Crippen LogP) is 9.04. The van der Waals surface area contributed by atoms with Gasteiger partial charge in [0.1, 0.15) is 0 Å². The van der Waals surface area contributed by atoms with Gasteiger partial charge in [-0.1, -0.05) is 105 Å². The van der Waals surface area contributed by atoms with Crippen LogP contribution in [0.4, 0.5) is 0 Å². The van der Waals surface area contributed by atoms with E-state index in [0.717, 1.165) is 51.4 Å². The fraction of sp³-hybridized carbons (Fsp3) is 0.933. The largest absolute Gasteiger partial charge is 0.466 e. The van der Waals surface area contributed by atoms with Crippen molar-refractivity contribution in [2.75, 3.05) is 13.2 Å². The average Bonchev–Trinajstić information content (AvgIpc) is 2.79. The van der Waals surface area contributed by atoms with Crippen LogP contribution in [0, 0.1) is 17.8 Å². The smallest absolute Gasteiger partial charge is 0.308 e. The lowest BCUT2D eigenvalue weighted by molar-refractivity contribution is -0.148. The first-order valence-electron chi connectivity index (χ1n) is 14.6. The summed E-state index contributed by atoms with van der Waals surface area (Å²) < 4.78 is 10.7. The number of carbonyl (C=O) groups excluding carboxylic acids is 2. The molecule has 0 aromatic rings. The lowest BCUT2D eigenvalue weighted by Crippen LogP contribution is -2.15. The van der Waals surface area contributed by atoms with E-state index in [-0.39, 0.29) is 17.9 Å². The number of unbranched alkanes of at least 4 members (excludes halogenated alkanes) is 11. The zero-order valence-corrected chi connectivity index (χ0v) is 23.5. The van der Waals surface area contributed by atoms with E-state index in [1.807, 2.05) is 6.92 Å². The number of hydrogen-bond acceptors (Lipinski definition) is 4. The zero-order chi connectivity index (χ0) is 25.4. The maximum Gasteiger partial charge on any atom is 0.308 e. The van der Waals surface area contributed by atoms with Gasteiger partial charge < -0.3 is 9.47 Å². The molecule has 0 amide bonds. The van der Waals surface area contributed by atoms with E-state index in [4.69, 9.17) is 9.47 Å². The molecule has 0 aromatic carbocycles. The fourth-order valence-electron chi connectivity index (χ4n) is 4.16. The van der Waals surface area contributed by atoms with Crippen LogP contribution in [0.1, 0.15) is 150 Å². The Morgan fingerprint density at radius 1 is 0.500 bits per heavy atom. The first-order valence-corrected chi connectivity index (χ1v) is 14.6. The molecule has 4 heteroatoms. The van der Waals surface area contributed by atoms with Crippen LogP contribution in [-0.2, 0) is 19.1 Å². The molecule has 0 rings (SSSR count). The van der Waals surface area contributed by atoms with E-state index in [9.17, 15) is 9.59 Å². The molecule has 1 atom stereocenters. The summed E-state index contributed by atoms with van der Waals surface area (Å²) in [5.74, 6) is 1.37. The molecule has 0 bridgehead atoms. The third kappa shape index (κ3) is 24.1. The van der Waals surface area contributed by atoms with E-state index in [0.29, 0.717) is 31.5 Å². The van der Waals surface area contributed by atoms with Gasteiger partial charge in [-0.3, -0.25) is 9.59 Å². The van der Waals surface area contributed by atoms with Gasteiger partial charge in [-0.15, -0.1) is 0 Å². The van der Waals surface area contributed by atoms with Crippen LogP contribution in [0.5, 0.6) is 0 Å². The second-order valence-electron chi connectivity index (χ2n) is 11.1. The van der Waals surface area contributed by atoms with Crippen molar-refractivity contribution in [3.8, 4) is 0 Å². The number of hydrogen-bond donors (Lipinski definition) is 0. The lowest BCUT2D eigenvalue weighted by Gasteiger charge is -2.12. The van der Waals surface area contributed by atoms with Gasteiger partial charge in [0.25, 0.3) is 0 Å². The molecule has 34 heavy (non-hydrogen) atoms. The highest BCUT2D eigenvalue weighted by molar-refractivity contribution is 5.71. The second-order valence-corrected chi connectivity index (χ2v) is 11.1. The molecule has 1 unspecified atom stereocenters. The average molecular weight is 483 g/mol. The molecule has 0 aromatic heterocycles. The van der Waals surface area contributed by atoms with Crippen LogP contribution in [0.15, 0.2) is 0 Å². The maximum atomic E-state index is 12.0. The summed E-state index contributed by atoms with van der Waals surface area (Å²) in [6.07, 6.45) is 20.7. The van der Waals surface area contributed by atoms with Crippen LogP contribution in [0.3, 0.4) is 0 Å².